The van der Waals surface area contributed by atoms with E-state index in [1.54, 1.807) is 36.2 Å². The van der Waals surface area contributed by atoms with Gasteiger partial charge in [-0.2, -0.15) is 0 Å². The summed E-state index contributed by atoms with van der Waals surface area (Å²) in [6, 6.07) is 16.8. The molecule has 2 amide bonds. The molecular formula is C39H44N10O3. The third-order valence-corrected chi connectivity index (χ3v) is 10.3. The molecule has 2 fully saturated rings. The molecule has 7 rings (SSSR count). The van der Waals surface area contributed by atoms with Gasteiger partial charge in [0.1, 0.15) is 29.2 Å². The normalized spacial score (nSPS) is 19.9. The minimum atomic E-state index is -0.568. The van der Waals surface area contributed by atoms with Gasteiger partial charge < -0.3 is 20.8 Å². The number of amides is 2. The molecule has 2 aromatic heterocycles. The van der Waals surface area contributed by atoms with Crippen LogP contribution in [0.1, 0.15) is 67.3 Å². The van der Waals surface area contributed by atoms with E-state index in [0.29, 0.717) is 91.2 Å². The summed E-state index contributed by atoms with van der Waals surface area (Å²) in [4.78, 5) is 50.4. The van der Waals surface area contributed by atoms with E-state index in [2.05, 4.69) is 25.9 Å². The Hall–Kier alpha value is -5.69. The van der Waals surface area contributed by atoms with Crippen molar-refractivity contribution in [3.05, 3.63) is 88.9 Å². The van der Waals surface area contributed by atoms with E-state index < -0.39 is 5.41 Å². The van der Waals surface area contributed by atoms with Crippen LogP contribution in [0, 0.1) is 10.8 Å². The summed E-state index contributed by atoms with van der Waals surface area (Å²) in [5.74, 6) is 1.74. The lowest BCUT2D eigenvalue weighted by Crippen LogP contribution is -2.43. The fourth-order valence-corrected chi connectivity index (χ4v) is 7.30. The number of benzene rings is 2. The van der Waals surface area contributed by atoms with Gasteiger partial charge in [-0.25, -0.2) is 15.0 Å². The van der Waals surface area contributed by atoms with Crippen molar-refractivity contribution in [2.45, 2.75) is 39.0 Å². The van der Waals surface area contributed by atoms with Crippen LogP contribution in [-0.2, 0) is 9.59 Å². The Balaban J connectivity index is 0.969. The number of hydrogen-bond acceptors (Lipinski definition) is 9. The lowest BCUT2D eigenvalue weighted by molar-refractivity contribution is -0.132. The number of nitrogen functional groups attached to an aromatic ring is 1. The fourth-order valence-electron chi connectivity index (χ4n) is 7.30. The van der Waals surface area contributed by atoms with E-state index in [-0.39, 0.29) is 30.0 Å². The lowest BCUT2D eigenvalue weighted by Gasteiger charge is -2.29. The predicted octanol–water partition coefficient (Wildman–Crippen LogP) is 4.45. The molecule has 0 aliphatic carbocycles. The SMILES string of the molecule is CN=CN=C(N)c1ccc(C2=CCN(C(=O)CN3CC[C@]4(CCN(c5ccc(N)c(C(=N)c6ccc7oc(C(C)C)nc7c6)n5)C4=O)C3)CC2)cc1. The maximum absolute atomic E-state index is 14.0. The van der Waals surface area contributed by atoms with Crippen LogP contribution in [0.5, 0.6) is 0 Å². The molecule has 3 aliphatic rings. The highest BCUT2D eigenvalue weighted by molar-refractivity contribution is 6.14. The van der Waals surface area contributed by atoms with Crippen LogP contribution in [-0.4, -0.2) is 95.8 Å². The molecule has 52 heavy (non-hydrogen) atoms. The molecular weight excluding hydrogens is 656 g/mol. The number of anilines is 2. The largest absolute Gasteiger partial charge is 0.440 e. The number of nitrogens with zero attached hydrogens (tertiary/aromatic N) is 7. The standard InChI is InChI=1S/C39H44N10O3/c1-24(2)37-45-30-20-28(8-10-31(30)52-37)34(41)35-29(40)9-11-32(46-35)49-19-15-39(38(49)51)14-18-47(22-39)21-33(50)48-16-12-26(13-17-48)25-4-6-27(7-5-25)36(42)44-23-43-3/h4-12,20,23-24,41H,13-19,21-22,40H2,1-3H3,(H2,42,43,44)/t39-/m0/s1. The first-order valence-electron chi connectivity index (χ1n) is 17.7. The van der Waals surface area contributed by atoms with Gasteiger partial charge in [0.15, 0.2) is 11.5 Å². The zero-order valence-corrected chi connectivity index (χ0v) is 29.8. The smallest absolute Gasteiger partial charge is 0.237 e. The van der Waals surface area contributed by atoms with Gasteiger partial charge in [-0.1, -0.05) is 44.2 Å². The molecule has 0 saturated carbocycles. The number of carbonyl (C=O) groups is 2. The molecule has 2 saturated heterocycles. The topological polar surface area (TPSA) is 183 Å². The summed E-state index contributed by atoms with van der Waals surface area (Å²) in [7, 11) is 1.65. The van der Waals surface area contributed by atoms with Crippen molar-refractivity contribution in [2.75, 3.05) is 56.9 Å². The summed E-state index contributed by atoms with van der Waals surface area (Å²) >= 11 is 0. The van der Waals surface area contributed by atoms with Crippen LogP contribution < -0.4 is 16.4 Å². The maximum atomic E-state index is 14.0. The second kappa shape index (κ2) is 14.1. The predicted molar refractivity (Wildman–Crippen MR) is 204 cm³/mol. The van der Waals surface area contributed by atoms with Gasteiger partial charge in [0.05, 0.1) is 23.4 Å². The molecule has 5 N–H and O–H groups in total. The average Bonchev–Trinajstić information content (AvgIpc) is 3.87. The number of aromatic nitrogens is 2. The molecule has 4 aromatic rings. The van der Waals surface area contributed by atoms with Crippen molar-refractivity contribution in [3.63, 3.8) is 0 Å². The number of nitrogens with one attached hydrogen (secondary N) is 1. The number of carbonyl (C=O) groups excluding carboxylic acids is 2. The molecule has 0 bridgehead atoms. The molecule has 0 unspecified atom stereocenters. The van der Waals surface area contributed by atoms with E-state index in [1.807, 2.05) is 49.1 Å². The molecule has 13 heteroatoms. The van der Waals surface area contributed by atoms with Gasteiger partial charge in [-0.15, -0.1) is 0 Å². The molecule has 5 heterocycles. The summed E-state index contributed by atoms with van der Waals surface area (Å²) in [5.41, 5.74) is 17.7. The number of aliphatic imine (C=N–C) groups is 2. The Morgan fingerprint density at radius 1 is 1.06 bits per heavy atom. The van der Waals surface area contributed by atoms with Gasteiger partial charge in [0.25, 0.3) is 0 Å². The van der Waals surface area contributed by atoms with E-state index in [0.717, 1.165) is 17.5 Å². The van der Waals surface area contributed by atoms with Crippen LogP contribution in [0.2, 0.25) is 0 Å². The summed E-state index contributed by atoms with van der Waals surface area (Å²) in [6.45, 7) is 7.21. The van der Waals surface area contributed by atoms with Crippen molar-refractivity contribution < 1.29 is 14.0 Å². The van der Waals surface area contributed by atoms with E-state index in [1.165, 1.54) is 11.9 Å². The van der Waals surface area contributed by atoms with Crippen molar-refractivity contribution in [1.82, 2.24) is 19.8 Å². The quantitative estimate of drug-likeness (QED) is 0.169. The van der Waals surface area contributed by atoms with Crippen molar-refractivity contribution in [2.24, 2.45) is 21.1 Å². The second-order valence-corrected chi connectivity index (χ2v) is 14.1. The van der Waals surface area contributed by atoms with Gasteiger partial charge >= 0.3 is 0 Å². The van der Waals surface area contributed by atoms with Crippen molar-refractivity contribution in [3.8, 4) is 0 Å². The van der Waals surface area contributed by atoms with Crippen molar-refractivity contribution in [1.29, 1.82) is 5.41 Å². The van der Waals surface area contributed by atoms with E-state index >= 15 is 0 Å². The van der Waals surface area contributed by atoms with Gasteiger partial charge in [0.2, 0.25) is 11.8 Å². The third-order valence-electron chi connectivity index (χ3n) is 10.3. The van der Waals surface area contributed by atoms with Crippen LogP contribution in [0.4, 0.5) is 11.5 Å². The Morgan fingerprint density at radius 2 is 1.83 bits per heavy atom. The highest BCUT2D eigenvalue weighted by Gasteiger charge is 2.51. The summed E-state index contributed by atoms with van der Waals surface area (Å²) < 4.78 is 5.83. The number of pyridine rings is 1. The molecule has 3 aliphatic heterocycles. The zero-order valence-electron chi connectivity index (χ0n) is 29.8. The molecule has 1 atom stereocenters. The summed E-state index contributed by atoms with van der Waals surface area (Å²) in [5, 5.41) is 8.97. The highest BCUT2D eigenvalue weighted by atomic mass is 16.3. The van der Waals surface area contributed by atoms with Gasteiger partial charge in [-0.3, -0.25) is 29.8 Å². The first-order chi connectivity index (χ1) is 25.0. The number of oxazole rings is 1. The summed E-state index contributed by atoms with van der Waals surface area (Å²) in [6.07, 6.45) is 5.66. The second-order valence-electron chi connectivity index (χ2n) is 14.1. The lowest BCUT2D eigenvalue weighted by atomic mass is 9.85. The molecule has 1 spiro atoms. The van der Waals surface area contributed by atoms with Gasteiger partial charge in [0, 0.05) is 50.3 Å². The van der Waals surface area contributed by atoms with E-state index in [9.17, 15) is 9.59 Å². The maximum Gasteiger partial charge on any atom is 0.237 e. The average molecular weight is 701 g/mol. The van der Waals surface area contributed by atoms with Crippen molar-refractivity contribution >= 4 is 57.9 Å². The Kier molecular flexibility index (Phi) is 9.45. The van der Waals surface area contributed by atoms with Crippen LogP contribution in [0.3, 0.4) is 0 Å². The molecule has 13 nitrogen and oxygen atoms in total. The van der Waals surface area contributed by atoms with Crippen LogP contribution in [0.15, 0.2) is 75.1 Å². The van der Waals surface area contributed by atoms with Crippen LogP contribution >= 0.6 is 0 Å². The monoisotopic (exact) mass is 700 g/mol. The number of fused-ring (bicyclic) bond motifs is 1. The molecule has 2 aromatic carbocycles. The minimum Gasteiger partial charge on any atom is -0.440 e. The number of hydrogen-bond donors (Lipinski definition) is 3. The first-order valence-corrected chi connectivity index (χ1v) is 17.7. The number of likely N-dealkylation sites (tertiary alicyclic amines) is 1. The fraction of sp³-hybridized carbons (Fsp3) is 0.359. The number of amidine groups is 1. The highest BCUT2D eigenvalue weighted by Crippen LogP contribution is 2.42. The first kappa shape index (κ1) is 34.7. The minimum absolute atomic E-state index is 0.00511. The van der Waals surface area contributed by atoms with E-state index in [4.69, 9.17) is 26.3 Å². The van der Waals surface area contributed by atoms with Crippen LogP contribution in [0.25, 0.3) is 16.7 Å². The Morgan fingerprint density at radius 3 is 2.56 bits per heavy atom. The van der Waals surface area contributed by atoms with Gasteiger partial charge in [-0.05, 0) is 67.3 Å². The third kappa shape index (κ3) is 6.71. The Bertz CT molecular complexity index is 2130. The Labute approximate surface area is 302 Å². The molecule has 268 valence electrons. The zero-order chi connectivity index (χ0) is 36.6. The molecule has 0 radical (unpaired) electrons. The number of rotatable bonds is 9. The number of nitrogens with two attached hydrogens (primary N) is 2.